The van der Waals surface area contributed by atoms with Crippen molar-refractivity contribution in [3.8, 4) is 17.6 Å². The molecule has 0 heterocycles. The van der Waals surface area contributed by atoms with Gasteiger partial charge in [0.25, 0.3) is 5.91 Å². The largest absolute Gasteiger partial charge is 0.510 e. The van der Waals surface area contributed by atoms with Gasteiger partial charge in [-0.15, -0.1) is 0 Å². The highest BCUT2D eigenvalue weighted by atomic mass is 16.3. The van der Waals surface area contributed by atoms with Crippen molar-refractivity contribution >= 4 is 23.2 Å². The maximum absolute atomic E-state index is 14.0. The molecular weight excluding hydrogens is 502 g/mol. The molecule has 4 atom stereocenters. The van der Waals surface area contributed by atoms with Gasteiger partial charge >= 0.3 is 0 Å². The summed E-state index contributed by atoms with van der Waals surface area (Å²) in [6, 6.07) is 0.701. The lowest BCUT2D eigenvalue weighted by Gasteiger charge is -2.50. The summed E-state index contributed by atoms with van der Waals surface area (Å²) in [5.41, 5.74) is 3.16. The number of nitrogens with zero attached hydrogens (tertiary/aromatic N) is 2. The molecule has 0 aliphatic heterocycles. The number of anilines is 1. The number of ketones is 2. The molecule has 1 aromatic carbocycles. The van der Waals surface area contributed by atoms with Crippen LogP contribution in [0.4, 0.5) is 5.69 Å². The van der Waals surface area contributed by atoms with Crippen molar-refractivity contribution in [1.82, 2.24) is 4.90 Å². The maximum atomic E-state index is 14.0. The molecule has 39 heavy (non-hydrogen) atoms. The number of fused-ring (bicyclic) bond motifs is 3. The summed E-state index contributed by atoms with van der Waals surface area (Å²) < 4.78 is 0. The highest BCUT2D eigenvalue weighted by Gasteiger charge is 2.63. The molecule has 0 fully saturated rings. The van der Waals surface area contributed by atoms with Crippen LogP contribution in [0.2, 0.25) is 0 Å². The number of rotatable bonds is 5. The van der Waals surface area contributed by atoms with Gasteiger partial charge in [-0.3, -0.25) is 19.3 Å². The molecule has 0 aromatic heterocycles. The fraction of sp³-hybridized carbons (Fsp3) is 0.483. The zero-order valence-corrected chi connectivity index (χ0v) is 22.8. The van der Waals surface area contributed by atoms with Gasteiger partial charge in [0.05, 0.1) is 17.2 Å². The Kier molecular flexibility index (Phi) is 7.27. The zero-order chi connectivity index (χ0) is 29.0. The van der Waals surface area contributed by atoms with E-state index >= 15 is 0 Å². The fourth-order valence-corrected chi connectivity index (χ4v) is 6.22. The smallest absolute Gasteiger partial charge is 0.255 e. The predicted octanol–water partition coefficient (Wildman–Crippen LogP) is 1.73. The van der Waals surface area contributed by atoms with Crippen molar-refractivity contribution < 1.29 is 34.8 Å². The topological polar surface area (TPSA) is 165 Å². The molecule has 6 N–H and O–H groups in total. The number of hydrogen-bond acceptors (Lipinski definition) is 9. The molecular formula is C29H35N3O7. The Hall–Kier alpha value is -3.81. The number of aromatic hydroxyl groups is 1. The number of carbonyl (C=O) groups is 3. The molecule has 1 aromatic rings. The van der Waals surface area contributed by atoms with E-state index in [2.05, 4.69) is 11.8 Å². The fourth-order valence-electron chi connectivity index (χ4n) is 6.22. The van der Waals surface area contributed by atoms with Crippen LogP contribution in [0.25, 0.3) is 0 Å². The van der Waals surface area contributed by atoms with Gasteiger partial charge in [-0.25, -0.2) is 0 Å². The number of hydrogen-bond donors (Lipinski definition) is 5. The van der Waals surface area contributed by atoms with Crippen molar-refractivity contribution in [3.63, 3.8) is 0 Å². The van der Waals surface area contributed by atoms with E-state index in [0.717, 1.165) is 12.8 Å². The number of phenols is 1. The summed E-state index contributed by atoms with van der Waals surface area (Å²) in [5, 5.41) is 45.2. The number of carbonyl (C=O) groups excluding carboxylic acids is 3. The number of nitrogens with two attached hydrogens (primary N) is 1. The van der Waals surface area contributed by atoms with Gasteiger partial charge in [-0.1, -0.05) is 25.2 Å². The van der Waals surface area contributed by atoms with Gasteiger partial charge in [0, 0.05) is 37.7 Å². The molecule has 0 unspecified atom stereocenters. The van der Waals surface area contributed by atoms with Crippen LogP contribution >= 0.6 is 0 Å². The lowest BCUT2D eigenvalue weighted by molar-refractivity contribution is -0.148. The standard InChI is InChI=1S/C29H35N3O7/c1-6-7-8-9-10-14-13-18(31(2)3)16-11-15-12-17-22(32(4)5)25(35)21(28(30)38)27(37)29(17,39)26(36)19(15)24(34)20(16)23(14)33/h13,15,17,22,33,35-36,39H,6-8,11-12H2,1-5H3,(H2,30,38)/t15-,17+,22+,29+/m1/s1. The summed E-state index contributed by atoms with van der Waals surface area (Å²) in [5.74, 6) is -0.768. The minimum absolute atomic E-state index is 0.0396. The molecule has 208 valence electrons. The lowest BCUT2D eigenvalue weighted by Crippen LogP contribution is -2.63. The van der Waals surface area contributed by atoms with Gasteiger partial charge < -0.3 is 31.1 Å². The third-order valence-corrected chi connectivity index (χ3v) is 8.06. The van der Waals surface area contributed by atoms with E-state index in [1.54, 1.807) is 20.2 Å². The quantitative estimate of drug-likeness (QED) is 0.214. The number of benzene rings is 1. The Morgan fingerprint density at radius 1 is 1.18 bits per heavy atom. The monoisotopic (exact) mass is 537 g/mol. The van der Waals surface area contributed by atoms with E-state index in [-0.39, 0.29) is 35.3 Å². The molecule has 0 saturated carbocycles. The van der Waals surface area contributed by atoms with Crippen LogP contribution in [0.1, 0.15) is 54.1 Å². The molecule has 0 bridgehead atoms. The van der Waals surface area contributed by atoms with Crippen LogP contribution in [0.15, 0.2) is 28.7 Å². The third-order valence-electron chi connectivity index (χ3n) is 8.06. The number of primary amides is 1. The Bertz CT molecular complexity index is 1400. The first kappa shape index (κ1) is 28.2. The Balaban J connectivity index is 1.94. The van der Waals surface area contributed by atoms with E-state index in [4.69, 9.17) is 5.73 Å². The van der Waals surface area contributed by atoms with Crippen LogP contribution in [-0.2, 0) is 16.0 Å². The summed E-state index contributed by atoms with van der Waals surface area (Å²) >= 11 is 0. The second-order valence-corrected chi connectivity index (χ2v) is 10.9. The normalized spacial score (nSPS) is 26.1. The van der Waals surface area contributed by atoms with E-state index < -0.39 is 58.0 Å². The number of phenolic OH excluding ortho intramolecular Hbond substituents is 1. The van der Waals surface area contributed by atoms with Crippen LogP contribution < -0.4 is 10.6 Å². The summed E-state index contributed by atoms with van der Waals surface area (Å²) in [6.45, 7) is 2.04. The third kappa shape index (κ3) is 4.17. The minimum Gasteiger partial charge on any atom is -0.510 e. The summed E-state index contributed by atoms with van der Waals surface area (Å²) in [7, 11) is 6.81. The van der Waals surface area contributed by atoms with E-state index in [9.17, 15) is 34.8 Å². The van der Waals surface area contributed by atoms with E-state index in [1.165, 1.54) is 4.90 Å². The van der Waals surface area contributed by atoms with Crippen molar-refractivity contribution in [2.45, 2.75) is 50.7 Å². The zero-order valence-electron chi connectivity index (χ0n) is 22.8. The van der Waals surface area contributed by atoms with Crippen molar-refractivity contribution in [3.05, 3.63) is 45.4 Å². The Labute approximate surface area is 227 Å². The minimum atomic E-state index is -2.66. The van der Waals surface area contributed by atoms with Crippen LogP contribution in [-0.4, -0.2) is 82.6 Å². The summed E-state index contributed by atoms with van der Waals surface area (Å²) in [4.78, 5) is 42.9. The number of unbranched alkanes of at least 4 members (excludes halogenated alkanes) is 2. The molecule has 10 nitrogen and oxygen atoms in total. The van der Waals surface area contributed by atoms with Crippen LogP contribution in [0, 0.1) is 23.7 Å². The molecule has 0 saturated heterocycles. The summed E-state index contributed by atoms with van der Waals surface area (Å²) in [6.07, 6.45) is 2.73. The van der Waals surface area contributed by atoms with Crippen molar-refractivity contribution in [2.75, 3.05) is 33.1 Å². The Morgan fingerprint density at radius 2 is 1.85 bits per heavy atom. The highest BCUT2D eigenvalue weighted by molar-refractivity contribution is 6.25. The molecule has 10 heteroatoms. The first-order valence-corrected chi connectivity index (χ1v) is 13.0. The molecule has 0 radical (unpaired) electrons. The number of likely N-dealkylation sites (N-methyl/N-ethyl adjacent to an activating group) is 1. The van der Waals surface area contributed by atoms with Gasteiger partial charge in [0.1, 0.15) is 22.8 Å². The number of aliphatic hydroxyl groups excluding tert-OH is 2. The predicted molar refractivity (Wildman–Crippen MR) is 144 cm³/mol. The molecule has 4 rings (SSSR count). The van der Waals surface area contributed by atoms with E-state index in [1.807, 2.05) is 25.9 Å². The molecule has 3 aliphatic rings. The van der Waals surface area contributed by atoms with Crippen LogP contribution in [0.3, 0.4) is 0 Å². The first-order valence-electron chi connectivity index (χ1n) is 13.0. The van der Waals surface area contributed by atoms with Gasteiger partial charge in [-0.05, 0) is 50.9 Å². The molecule has 3 aliphatic carbocycles. The van der Waals surface area contributed by atoms with Crippen LogP contribution in [0.5, 0.6) is 5.75 Å². The molecule has 1 amide bonds. The first-order chi connectivity index (χ1) is 18.3. The SMILES string of the molecule is CCCCC#Cc1cc(N(C)C)c2c(c1O)C(=O)C1=C(O)[C@]3(O)C(=O)C(C(N)=O)=C(O)[C@@H](N(C)C)[C@@H]3C[C@H]1C2. The Morgan fingerprint density at radius 3 is 2.41 bits per heavy atom. The molecule has 0 spiro atoms. The maximum Gasteiger partial charge on any atom is 0.255 e. The van der Waals surface area contributed by atoms with Gasteiger partial charge in [0.15, 0.2) is 11.4 Å². The second-order valence-electron chi connectivity index (χ2n) is 10.9. The number of amides is 1. The number of Topliss-reactive ketones (excluding diaryl/α,β-unsaturated/α-hetero) is 2. The second kappa shape index (κ2) is 10.1. The van der Waals surface area contributed by atoms with E-state index in [0.29, 0.717) is 17.7 Å². The van der Waals surface area contributed by atoms with Gasteiger partial charge in [-0.2, -0.15) is 0 Å². The highest BCUT2D eigenvalue weighted by Crippen LogP contribution is 2.53. The van der Waals surface area contributed by atoms with Crippen molar-refractivity contribution in [1.29, 1.82) is 0 Å². The average Bonchev–Trinajstić information content (AvgIpc) is 2.84. The average molecular weight is 538 g/mol. The van der Waals surface area contributed by atoms with Crippen molar-refractivity contribution in [2.24, 2.45) is 17.6 Å². The number of aliphatic hydroxyl groups is 3. The lowest BCUT2D eigenvalue weighted by atomic mass is 9.58. The van der Waals surface area contributed by atoms with Gasteiger partial charge in [0.2, 0.25) is 5.78 Å². The number of allylic oxidation sites excluding steroid dienone is 1.